The molecular weight excluding hydrogens is 224 g/mol. The molecule has 6 nitrogen and oxygen atoms in total. The lowest BCUT2D eigenvalue weighted by Gasteiger charge is -2.22. The maximum absolute atomic E-state index is 11.4. The molecular formula is C11H18N2O4. The lowest BCUT2D eigenvalue weighted by Crippen LogP contribution is -2.50. The Bertz CT molecular complexity index is 325. The van der Waals surface area contributed by atoms with E-state index in [0.29, 0.717) is 0 Å². The van der Waals surface area contributed by atoms with Gasteiger partial charge in [-0.2, -0.15) is 0 Å². The predicted octanol–water partition coefficient (Wildman–Crippen LogP) is 0.230. The number of amides is 2. The summed E-state index contributed by atoms with van der Waals surface area (Å²) in [6, 6.07) is -0.374. The van der Waals surface area contributed by atoms with Gasteiger partial charge < -0.3 is 20.8 Å². The van der Waals surface area contributed by atoms with E-state index in [-0.39, 0.29) is 12.6 Å². The Hall–Kier alpha value is -1.56. The van der Waals surface area contributed by atoms with Gasteiger partial charge in [0.05, 0.1) is 6.54 Å². The Balaban J connectivity index is 2.30. The Morgan fingerprint density at radius 1 is 1.47 bits per heavy atom. The summed E-state index contributed by atoms with van der Waals surface area (Å²) in [5.74, 6) is -1.36. The summed E-state index contributed by atoms with van der Waals surface area (Å²) in [6.45, 7) is 0.815. The lowest BCUT2D eigenvalue weighted by molar-refractivity contribution is -0.155. The number of carboxylic acid groups (broad SMARTS) is 1. The van der Waals surface area contributed by atoms with Gasteiger partial charge in [-0.05, 0) is 26.2 Å². The maximum Gasteiger partial charge on any atom is 0.337 e. The minimum Gasteiger partial charge on any atom is -0.479 e. The highest BCUT2D eigenvalue weighted by atomic mass is 16.4. The molecule has 0 aromatic rings. The van der Waals surface area contributed by atoms with Gasteiger partial charge in [0.1, 0.15) is 0 Å². The zero-order valence-electron chi connectivity index (χ0n) is 9.77. The van der Waals surface area contributed by atoms with Gasteiger partial charge in [0.2, 0.25) is 0 Å². The standard InChI is InChI=1S/C11H18N2O4/c1-11(17,9(14)15)7-12-10(16)13-8-5-3-2-4-6-8/h2-3,8,17H,4-7H2,1H3,(H,14,15)(H2,12,13,16). The van der Waals surface area contributed by atoms with E-state index in [0.717, 1.165) is 26.2 Å². The van der Waals surface area contributed by atoms with Crippen molar-refractivity contribution in [1.82, 2.24) is 10.6 Å². The van der Waals surface area contributed by atoms with Crippen LogP contribution in [0.15, 0.2) is 12.2 Å². The number of carbonyl (C=O) groups is 2. The van der Waals surface area contributed by atoms with E-state index < -0.39 is 17.6 Å². The highest BCUT2D eigenvalue weighted by molar-refractivity contribution is 5.79. The Kier molecular flexibility index (Phi) is 4.51. The fourth-order valence-electron chi connectivity index (χ4n) is 1.49. The molecule has 0 radical (unpaired) electrons. The molecule has 0 aliphatic heterocycles. The largest absolute Gasteiger partial charge is 0.479 e. The van der Waals surface area contributed by atoms with Gasteiger partial charge in [0, 0.05) is 6.04 Å². The highest BCUT2D eigenvalue weighted by Crippen LogP contribution is 2.10. The number of carbonyl (C=O) groups excluding carboxylic acids is 1. The Morgan fingerprint density at radius 2 is 2.18 bits per heavy atom. The predicted molar refractivity (Wildman–Crippen MR) is 61.6 cm³/mol. The van der Waals surface area contributed by atoms with Crippen molar-refractivity contribution in [2.45, 2.75) is 37.8 Å². The van der Waals surface area contributed by atoms with Crippen LogP contribution in [-0.4, -0.2) is 40.4 Å². The number of aliphatic carboxylic acids is 1. The third-order valence-electron chi connectivity index (χ3n) is 2.66. The van der Waals surface area contributed by atoms with E-state index in [9.17, 15) is 14.7 Å². The zero-order chi connectivity index (χ0) is 12.9. The first-order chi connectivity index (χ1) is 7.92. The van der Waals surface area contributed by atoms with Gasteiger partial charge in [0.15, 0.2) is 5.60 Å². The quantitative estimate of drug-likeness (QED) is 0.530. The number of allylic oxidation sites excluding steroid dienone is 1. The van der Waals surface area contributed by atoms with Gasteiger partial charge in [0.25, 0.3) is 0 Å². The van der Waals surface area contributed by atoms with Gasteiger partial charge in [-0.3, -0.25) is 0 Å². The number of hydrogen-bond acceptors (Lipinski definition) is 3. The summed E-state index contributed by atoms with van der Waals surface area (Å²) in [5.41, 5.74) is -1.94. The molecule has 96 valence electrons. The third kappa shape index (κ3) is 4.44. The number of urea groups is 1. The molecule has 1 aliphatic rings. The van der Waals surface area contributed by atoms with Crippen molar-refractivity contribution in [3.8, 4) is 0 Å². The summed E-state index contributed by atoms with van der Waals surface area (Å²) in [7, 11) is 0. The molecule has 0 saturated heterocycles. The van der Waals surface area contributed by atoms with Crippen LogP contribution in [0.25, 0.3) is 0 Å². The molecule has 0 aromatic heterocycles. The fourth-order valence-corrected chi connectivity index (χ4v) is 1.49. The minimum absolute atomic E-state index is 0.0785. The van der Waals surface area contributed by atoms with Gasteiger partial charge in [-0.1, -0.05) is 12.2 Å². The van der Waals surface area contributed by atoms with Crippen molar-refractivity contribution in [2.24, 2.45) is 0 Å². The summed E-state index contributed by atoms with van der Waals surface area (Å²) in [4.78, 5) is 22.0. The third-order valence-corrected chi connectivity index (χ3v) is 2.66. The van der Waals surface area contributed by atoms with E-state index in [4.69, 9.17) is 5.11 Å². The second-order valence-corrected chi connectivity index (χ2v) is 4.39. The molecule has 0 saturated carbocycles. The molecule has 0 heterocycles. The zero-order valence-corrected chi connectivity index (χ0v) is 9.77. The molecule has 0 spiro atoms. The van der Waals surface area contributed by atoms with Gasteiger partial charge in [-0.15, -0.1) is 0 Å². The lowest BCUT2D eigenvalue weighted by atomic mass is 10.0. The fraction of sp³-hybridized carbons (Fsp3) is 0.636. The van der Waals surface area contributed by atoms with Gasteiger partial charge in [-0.25, -0.2) is 9.59 Å². The van der Waals surface area contributed by atoms with Crippen LogP contribution in [0, 0.1) is 0 Å². The van der Waals surface area contributed by atoms with Crippen molar-refractivity contribution in [3.05, 3.63) is 12.2 Å². The molecule has 0 bridgehead atoms. The van der Waals surface area contributed by atoms with Crippen LogP contribution in [0.2, 0.25) is 0 Å². The van der Waals surface area contributed by atoms with Crippen LogP contribution in [0.5, 0.6) is 0 Å². The molecule has 1 rings (SSSR count). The first-order valence-corrected chi connectivity index (χ1v) is 5.57. The van der Waals surface area contributed by atoms with E-state index in [1.165, 1.54) is 0 Å². The van der Waals surface area contributed by atoms with E-state index >= 15 is 0 Å². The van der Waals surface area contributed by atoms with Crippen LogP contribution in [0.4, 0.5) is 4.79 Å². The smallest absolute Gasteiger partial charge is 0.337 e. The average molecular weight is 242 g/mol. The highest BCUT2D eigenvalue weighted by Gasteiger charge is 2.30. The number of rotatable bonds is 4. The molecule has 0 fully saturated rings. The van der Waals surface area contributed by atoms with Gasteiger partial charge >= 0.3 is 12.0 Å². The molecule has 2 atom stereocenters. The van der Waals surface area contributed by atoms with Crippen LogP contribution < -0.4 is 10.6 Å². The number of carboxylic acids is 1. The first-order valence-electron chi connectivity index (χ1n) is 5.57. The second-order valence-electron chi connectivity index (χ2n) is 4.39. The molecule has 17 heavy (non-hydrogen) atoms. The Labute approximate surface area is 99.7 Å². The minimum atomic E-state index is -1.94. The molecule has 4 N–H and O–H groups in total. The second kappa shape index (κ2) is 5.67. The average Bonchev–Trinajstić information content (AvgIpc) is 2.28. The van der Waals surface area contributed by atoms with E-state index in [1.54, 1.807) is 0 Å². The summed E-state index contributed by atoms with van der Waals surface area (Å²) in [6.07, 6.45) is 6.65. The summed E-state index contributed by atoms with van der Waals surface area (Å²) in [5, 5.41) is 23.1. The SMILES string of the molecule is CC(O)(CNC(=O)NC1CC=CCC1)C(=O)O. The molecule has 6 heteroatoms. The van der Waals surface area contributed by atoms with Crippen molar-refractivity contribution in [3.63, 3.8) is 0 Å². The molecule has 1 aliphatic carbocycles. The van der Waals surface area contributed by atoms with Crippen LogP contribution >= 0.6 is 0 Å². The van der Waals surface area contributed by atoms with Crippen molar-refractivity contribution in [1.29, 1.82) is 0 Å². The summed E-state index contributed by atoms with van der Waals surface area (Å²) >= 11 is 0. The Morgan fingerprint density at radius 3 is 2.71 bits per heavy atom. The maximum atomic E-state index is 11.4. The van der Waals surface area contributed by atoms with E-state index in [2.05, 4.69) is 16.7 Å². The van der Waals surface area contributed by atoms with Crippen LogP contribution in [-0.2, 0) is 4.79 Å². The molecule has 2 amide bonds. The number of nitrogens with one attached hydrogen (secondary N) is 2. The summed E-state index contributed by atoms with van der Waals surface area (Å²) < 4.78 is 0. The normalized spacial score (nSPS) is 22.6. The monoisotopic (exact) mass is 242 g/mol. The van der Waals surface area contributed by atoms with Crippen LogP contribution in [0.3, 0.4) is 0 Å². The molecule has 2 unspecified atom stereocenters. The number of hydrogen-bond donors (Lipinski definition) is 4. The number of aliphatic hydroxyl groups is 1. The van der Waals surface area contributed by atoms with Crippen molar-refractivity contribution < 1.29 is 19.8 Å². The van der Waals surface area contributed by atoms with Crippen molar-refractivity contribution in [2.75, 3.05) is 6.54 Å². The van der Waals surface area contributed by atoms with Crippen LogP contribution in [0.1, 0.15) is 26.2 Å². The van der Waals surface area contributed by atoms with Crippen molar-refractivity contribution >= 4 is 12.0 Å². The first kappa shape index (κ1) is 13.5. The topological polar surface area (TPSA) is 98.7 Å². The van der Waals surface area contributed by atoms with E-state index in [1.807, 2.05) is 6.08 Å². The molecule has 0 aromatic carbocycles.